The maximum absolute atomic E-state index is 6.30. The second kappa shape index (κ2) is 7.48. The van der Waals surface area contributed by atoms with Crippen LogP contribution in [0.15, 0.2) is 46.9 Å². The third-order valence-corrected chi connectivity index (χ3v) is 3.63. The lowest BCUT2D eigenvalue weighted by Gasteiger charge is -2.20. The monoisotopic (exact) mass is 349 g/mol. The summed E-state index contributed by atoms with van der Waals surface area (Å²) in [5.41, 5.74) is 8.38. The van der Waals surface area contributed by atoms with E-state index in [2.05, 4.69) is 15.9 Å². The minimum Gasteiger partial charge on any atom is -0.486 e. The van der Waals surface area contributed by atoms with Gasteiger partial charge in [0.1, 0.15) is 13.2 Å². The van der Waals surface area contributed by atoms with Crippen molar-refractivity contribution in [3.05, 3.63) is 58.1 Å². The van der Waals surface area contributed by atoms with Crippen LogP contribution in [0.5, 0.6) is 11.5 Å². The van der Waals surface area contributed by atoms with Crippen molar-refractivity contribution < 1.29 is 9.47 Å². The highest BCUT2D eigenvalue weighted by Gasteiger charge is 2.15. The van der Waals surface area contributed by atoms with Gasteiger partial charge in [-0.15, -0.1) is 0 Å². The van der Waals surface area contributed by atoms with Crippen LogP contribution in [0.2, 0.25) is 0 Å². The van der Waals surface area contributed by atoms with E-state index in [1.807, 2.05) is 56.3 Å². The van der Waals surface area contributed by atoms with E-state index in [0.29, 0.717) is 13.2 Å². The SMILES string of the molecule is CC.NC(c1cccc(Br)c1)c1ccc2c(c1)OCCO2. The minimum atomic E-state index is -0.173. The Labute approximate surface area is 134 Å². The van der Waals surface area contributed by atoms with Crippen LogP contribution in [0.1, 0.15) is 31.0 Å². The summed E-state index contributed by atoms with van der Waals surface area (Å²) in [5.74, 6) is 1.56. The molecule has 2 aromatic rings. The molecule has 4 heteroatoms. The molecule has 1 aliphatic rings. The van der Waals surface area contributed by atoms with Gasteiger partial charge in [0.25, 0.3) is 0 Å². The second-order valence-corrected chi connectivity index (χ2v) is 5.35. The van der Waals surface area contributed by atoms with Crippen LogP contribution in [-0.2, 0) is 0 Å². The summed E-state index contributed by atoms with van der Waals surface area (Å²) in [6, 6.07) is 13.7. The van der Waals surface area contributed by atoms with Crippen molar-refractivity contribution in [2.45, 2.75) is 19.9 Å². The number of ether oxygens (including phenoxy) is 2. The molecule has 0 saturated carbocycles. The molecule has 0 aromatic heterocycles. The first-order valence-electron chi connectivity index (χ1n) is 7.14. The Morgan fingerprint density at radius 1 is 0.952 bits per heavy atom. The minimum absolute atomic E-state index is 0.173. The summed E-state index contributed by atoms with van der Waals surface area (Å²) in [5, 5.41) is 0. The first-order valence-corrected chi connectivity index (χ1v) is 7.94. The van der Waals surface area contributed by atoms with Gasteiger partial charge in [0.15, 0.2) is 11.5 Å². The molecule has 0 aliphatic carbocycles. The molecule has 2 aromatic carbocycles. The van der Waals surface area contributed by atoms with Gasteiger partial charge >= 0.3 is 0 Å². The molecule has 1 heterocycles. The largest absolute Gasteiger partial charge is 0.486 e. The molecule has 0 spiro atoms. The molecular weight excluding hydrogens is 330 g/mol. The Morgan fingerprint density at radius 2 is 1.62 bits per heavy atom. The van der Waals surface area contributed by atoms with Crippen molar-refractivity contribution in [2.75, 3.05) is 13.2 Å². The highest BCUT2D eigenvalue weighted by molar-refractivity contribution is 9.10. The molecule has 21 heavy (non-hydrogen) atoms. The topological polar surface area (TPSA) is 44.5 Å². The van der Waals surface area contributed by atoms with Crippen LogP contribution in [0.4, 0.5) is 0 Å². The Morgan fingerprint density at radius 3 is 2.33 bits per heavy atom. The molecule has 0 amide bonds. The van der Waals surface area contributed by atoms with Crippen LogP contribution >= 0.6 is 15.9 Å². The van der Waals surface area contributed by atoms with E-state index < -0.39 is 0 Å². The fraction of sp³-hybridized carbons (Fsp3) is 0.294. The zero-order valence-corrected chi connectivity index (χ0v) is 13.9. The number of hydrogen-bond acceptors (Lipinski definition) is 3. The van der Waals surface area contributed by atoms with Crippen molar-refractivity contribution in [3.8, 4) is 11.5 Å². The maximum Gasteiger partial charge on any atom is 0.161 e. The second-order valence-electron chi connectivity index (χ2n) is 4.44. The molecule has 3 rings (SSSR count). The zero-order valence-electron chi connectivity index (χ0n) is 12.3. The van der Waals surface area contributed by atoms with Gasteiger partial charge in [-0.05, 0) is 35.4 Å². The Kier molecular flexibility index (Phi) is 5.65. The predicted octanol–water partition coefficient (Wildman–Crippen LogP) is 4.29. The summed E-state index contributed by atoms with van der Waals surface area (Å²) in [6.45, 7) is 5.19. The normalized spacial score (nSPS) is 13.9. The Bertz CT molecular complexity index is 601. The van der Waals surface area contributed by atoms with Gasteiger partial charge in [-0.25, -0.2) is 0 Å². The van der Waals surface area contributed by atoms with E-state index in [-0.39, 0.29) is 6.04 Å². The van der Waals surface area contributed by atoms with Crippen LogP contribution in [-0.4, -0.2) is 13.2 Å². The summed E-state index contributed by atoms with van der Waals surface area (Å²) in [4.78, 5) is 0. The van der Waals surface area contributed by atoms with Crippen LogP contribution < -0.4 is 15.2 Å². The van der Waals surface area contributed by atoms with Crippen molar-refractivity contribution in [1.29, 1.82) is 0 Å². The van der Waals surface area contributed by atoms with Crippen LogP contribution in [0.3, 0.4) is 0 Å². The van der Waals surface area contributed by atoms with Gasteiger partial charge in [0, 0.05) is 4.47 Å². The quantitative estimate of drug-likeness (QED) is 0.879. The highest BCUT2D eigenvalue weighted by Crippen LogP contribution is 2.33. The van der Waals surface area contributed by atoms with Crippen LogP contribution in [0.25, 0.3) is 0 Å². The molecule has 0 radical (unpaired) electrons. The average molecular weight is 350 g/mol. The molecule has 3 nitrogen and oxygen atoms in total. The summed E-state index contributed by atoms with van der Waals surface area (Å²) in [6.07, 6.45) is 0. The number of rotatable bonds is 2. The van der Waals surface area contributed by atoms with Crippen molar-refractivity contribution in [1.82, 2.24) is 0 Å². The van der Waals surface area contributed by atoms with E-state index in [1.54, 1.807) is 0 Å². The fourth-order valence-electron chi connectivity index (χ4n) is 2.15. The summed E-state index contributed by atoms with van der Waals surface area (Å²) >= 11 is 3.46. The smallest absolute Gasteiger partial charge is 0.161 e. The molecule has 0 saturated heterocycles. The lowest BCUT2D eigenvalue weighted by atomic mass is 9.99. The third-order valence-electron chi connectivity index (χ3n) is 3.13. The van der Waals surface area contributed by atoms with Crippen molar-refractivity contribution in [2.24, 2.45) is 5.73 Å². The lowest BCUT2D eigenvalue weighted by molar-refractivity contribution is 0.171. The summed E-state index contributed by atoms with van der Waals surface area (Å²) in [7, 11) is 0. The van der Waals surface area contributed by atoms with Crippen molar-refractivity contribution in [3.63, 3.8) is 0 Å². The van der Waals surface area contributed by atoms with Gasteiger partial charge in [0.2, 0.25) is 0 Å². The first kappa shape index (κ1) is 15.9. The number of hydrogen-bond donors (Lipinski definition) is 1. The highest BCUT2D eigenvalue weighted by atomic mass is 79.9. The lowest BCUT2D eigenvalue weighted by Crippen LogP contribution is -2.17. The molecular formula is C17H20BrNO2. The Hall–Kier alpha value is -1.52. The van der Waals surface area contributed by atoms with Gasteiger partial charge in [-0.2, -0.15) is 0 Å². The number of halogens is 1. The molecule has 0 fully saturated rings. The molecule has 2 N–H and O–H groups in total. The molecule has 1 atom stereocenters. The standard InChI is InChI=1S/C15H14BrNO2.C2H6/c16-12-3-1-2-10(8-12)15(17)11-4-5-13-14(9-11)19-7-6-18-13;1-2/h1-5,8-9,15H,6-7,17H2;1-2H3. The van der Waals surface area contributed by atoms with E-state index in [0.717, 1.165) is 27.1 Å². The van der Waals surface area contributed by atoms with E-state index in [1.165, 1.54) is 0 Å². The fourth-order valence-corrected chi connectivity index (χ4v) is 2.56. The summed E-state index contributed by atoms with van der Waals surface area (Å²) < 4.78 is 12.1. The number of fused-ring (bicyclic) bond motifs is 1. The third kappa shape index (κ3) is 3.77. The zero-order chi connectivity index (χ0) is 15.2. The maximum atomic E-state index is 6.30. The molecule has 1 aliphatic heterocycles. The van der Waals surface area contributed by atoms with E-state index >= 15 is 0 Å². The molecule has 1 unspecified atom stereocenters. The van der Waals surface area contributed by atoms with E-state index in [4.69, 9.17) is 15.2 Å². The Balaban J connectivity index is 0.000000774. The van der Waals surface area contributed by atoms with Crippen molar-refractivity contribution >= 4 is 15.9 Å². The molecule has 0 bridgehead atoms. The van der Waals surface area contributed by atoms with E-state index in [9.17, 15) is 0 Å². The van der Waals surface area contributed by atoms with Gasteiger partial charge in [-0.1, -0.05) is 48.0 Å². The predicted molar refractivity (Wildman–Crippen MR) is 89.0 cm³/mol. The van der Waals surface area contributed by atoms with Crippen LogP contribution in [0, 0.1) is 0 Å². The van der Waals surface area contributed by atoms with Gasteiger partial charge < -0.3 is 15.2 Å². The van der Waals surface area contributed by atoms with Gasteiger partial charge in [-0.3, -0.25) is 0 Å². The molecule has 112 valence electrons. The number of nitrogens with two attached hydrogens (primary N) is 1. The average Bonchev–Trinajstić information content (AvgIpc) is 2.55. The first-order chi connectivity index (χ1) is 10.2. The number of benzene rings is 2. The van der Waals surface area contributed by atoms with Gasteiger partial charge in [0.05, 0.1) is 6.04 Å².